The Bertz CT molecular complexity index is 738. The smallest absolute Gasteiger partial charge is 0.163 e. The molecule has 1 N–H and O–H groups in total. The maximum Gasteiger partial charge on any atom is 0.163 e. The molecule has 0 bridgehead atoms. The Morgan fingerprint density at radius 1 is 1.15 bits per heavy atom. The predicted molar refractivity (Wildman–Crippen MR) is 105 cm³/mol. The molecule has 0 aromatic heterocycles. The summed E-state index contributed by atoms with van der Waals surface area (Å²) in [5.74, 6) is -1.83. The minimum absolute atomic E-state index is 0.0397. The average molecular weight is 426 g/mol. The van der Waals surface area contributed by atoms with E-state index in [0.717, 1.165) is 11.6 Å². The van der Waals surface area contributed by atoms with Gasteiger partial charge in [0.25, 0.3) is 0 Å². The first-order valence-corrected chi connectivity index (χ1v) is 9.58. The molecule has 0 spiro atoms. The van der Waals surface area contributed by atoms with Crippen molar-refractivity contribution in [2.45, 2.75) is 44.2 Å². The summed E-state index contributed by atoms with van der Waals surface area (Å²) in [5.41, 5.74) is -0.105. The summed E-state index contributed by atoms with van der Waals surface area (Å²) in [6.07, 6.45) is 0.00421. The molecular weight excluding hydrogens is 400 g/mol. The van der Waals surface area contributed by atoms with Crippen molar-refractivity contribution in [1.82, 2.24) is 4.90 Å². The van der Waals surface area contributed by atoms with Gasteiger partial charge in [-0.05, 0) is 51.6 Å². The molecule has 0 saturated heterocycles. The van der Waals surface area contributed by atoms with Crippen LogP contribution < -0.4 is 0 Å². The molecule has 2 nitrogen and oxygen atoms in total. The third kappa shape index (κ3) is 4.00. The van der Waals surface area contributed by atoms with Gasteiger partial charge in [0.1, 0.15) is 0 Å². The Labute approximate surface area is 163 Å². The fourth-order valence-corrected chi connectivity index (χ4v) is 3.93. The summed E-state index contributed by atoms with van der Waals surface area (Å²) in [4.78, 5) is 2.02. The molecule has 2 aromatic carbocycles. The van der Waals surface area contributed by atoms with Crippen molar-refractivity contribution in [3.05, 3.63) is 69.7 Å². The highest BCUT2D eigenvalue weighted by molar-refractivity contribution is 9.10. The molecular formula is C21H26BrF2NO. The van der Waals surface area contributed by atoms with Gasteiger partial charge in [0, 0.05) is 16.1 Å². The lowest BCUT2D eigenvalue weighted by molar-refractivity contribution is 0.0749. The quantitative estimate of drug-likeness (QED) is 0.621. The normalized spacial score (nSPS) is 16.3. The van der Waals surface area contributed by atoms with Gasteiger partial charge in [0.15, 0.2) is 11.6 Å². The molecule has 1 unspecified atom stereocenters. The van der Waals surface area contributed by atoms with Crippen molar-refractivity contribution in [3.8, 4) is 0 Å². The topological polar surface area (TPSA) is 23.5 Å². The number of hydrogen-bond donors (Lipinski definition) is 1. The first-order valence-electron chi connectivity index (χ1n) is 8.79. The number of rotatable bonds is 7. The molecule has 0 aliphatic rings. The van der Waals surface area contributed by atoms with Crippen molar-refractivity contribution in [3.63, 3.8) is 0 Å². The second-order valence-electron chi connectivity index (χ2n) is 7.03. The zero-order chi connectivity index (χ0) is 19.5. The van der Waals surface area contributed by atoms with Gasteiger partial charge in [-0.1, -0.05) is 53.2 Å². The lowest BCUT2D eigenvalue weighted by atomic mass is 9.65. The number of aliphatic hydroxyl groups excluding tert-OH is 1. The summed E-state index contributed by atoms with van der Waals surface area (Å²) in [6, 6.07) is 12.1. The molecule has 3 atom stereocenters. The Hall–Kier alpha value is -1.30. The van der Waals surface area contributed by atoms with Crippen LogP contribution in [0.4, 0.5) is 8.78 Å². The fraction of sp³-hybridized carbons (Fsp3) is 0.429. The third-order valence-corrected chi connectivity index (χ3v) is 5.67. The lowest BCUT2D eigenvalue weighted by Gasteiger charge is -2.42. The lowest BCUT2D eigenvalue weighted by Crippen LogP contribution is -2.46. The molecule has 0 fully saturated rings. The Balaban J connectivity index is 2.83. The summed E-state index contributed by atoms with van der Waals surface area (Å²) in [7, 11) is 3.88. The fourth-order valence-electron chi connectivity index (χ4n) is 3.50. The molecule has 0 aliphatic heterocycles. The highest BCUT2D eigenvalue weighted by Crippen LogP contribution is 2.44. The Morgan fingerprint density at radius 2 is 1.77 bits per heavy atom. The van der Waals surface area contributed by atoms with Crippen LogP contribution >= 0.6 is 15.9 Å². The molecule has 0 heterocycles. The van der Waals surface area contributed by atoms with E-state index in [4.69, 9.17) is 0 Å². The summed E-state index contributed by atoms with van der Waals surface area (Å²) < 4.78 is 29.7. The minimum atomic E-state index is -1.06. The zero-order valence-corrected chi connectivity index (χ0v) is 17.2. The largest absolute Gasteiger partial charge is 0.392 e. The molecule has 2 aromatic rings. The van der Waals surface area contributed by atoms with E-state index in [2.05, 4.69) is 15.9 Å². The van der Waals surface area contributed by atoms with E-state index in [9.17, 15) is 13.9 Å². The molecule has 5 heteroatoms. The highest BCUT2D eigenvalue weighted by Gasteiger charge is 2.44. The monoisotopic (exact) mass is 425 g/mol. The van der Waals surface area contributed by atoms with Gasteiger partial charge in [0.2, 0.25) is 0 Å². The molecule has 0 aliphatic carbocycles. The van der Waals surface area contributed by atoms with Crippen molar-refractivity contribution in [2.24, 2.45) is 0 Å². The SMILES string of the molecule is CCC(O)[C@](C[C@H](C)N(C)C)(c1ccccc1)c1cc(Br)cc(F)c1F. The van der Waals surface area contributed by atoms with Crippen LogP contribution in [0.5, 0.6) is 0 Å². The number of aliphatic hydroxyl groups is 1. The van der Waals surface area contributed by atoms with Gasteiger partial charge in [-0.2, -0.15) is 0 Å². The van der Waals surface area contributed by atoms with E-state index in [1.165, 1.54) is 0 Å². The van der Waals surface area contributed by atoms with E-state index in [1.807, 2.05) is 63.2 Å². The van der Waals surface area contributed by atoms with Crippen LogP contribution in [-0.4, -0.2) is 36.2 Å². The zero-order valence-electron chi connectivity index (χ0n) is 15.6. The first kappa shape index (κ1) is 21.0. The van der Waals surface area contributed by atoms with Crippen LogP contribution in [0.2, 0.25) is 0 Å². The number of halogens is 3. The van der Waals surface area contributed by atoms with Crippen LogP contribution in [0.3, 0.4) is 0 Å². The number of benzene rings is 2. The van der Waals surface area contributed by atoms with Crippen LogP contribution in [0, 0.1) is 11.6 Å². The second kappa shape index (κ2) is 8.59. The van der Waals surface area contributed by atoms with Crippen LogP contribution in [0.1, 0.15) is 37.8 Å². The van der Waals surface area contributed by atoms with Gasteiger partial charge in [-0.25, -0.2) is 8.78 Å². The highest BCUT2D eigenvalue weighted by atomic mass is 79.9. The van der Waals surface area contributed by atoms with E-state index in [-0.39, 0.29) is 11.6 Å². The molecule has 0 radical (unpaired) electrons. The first-order chi connectivity index (χ1) is 12.2. The second-order valence-corrected chi connectivity index (χ2v) is 7.94. The van der Waals surface area contributed by atoms with E-state index in [0.29, 0.717) is 17.3 Å². The van der Waals surface area contributed by atoms with E-state index in [1.54, 1.807) is 6.07 Å². The minimum Gasteiger partial charge on any atom is -0.392 e. The number of nitrogens with zero attached hydrogens (tertiary/aromatic N) is 1. The van der Waals surface area contributed by atoms with Gasteiger partial charge in [0.05, 0.1) is 11.5 Å². The van der Waals surface area contributed by atoms with Crippen LogP contribution in [-0.2, 0) is 5.41 Å². The van der Waals surface area contributed by atoms with Crippen molar-refractivity contribution in [2.75, 3.05) is 14.1 Å². The maximum absolute atomic E-state index is 15.0. The summed E-state index contributed by atoms with van der Waals surface area (Å²) >= 11 is 3.28. The standard InChI is InChI=1S/C21H26BrF2NO/c1-5-19(26)21(13-14(2)25(3)4,15-9-7-6-8-10-15)17-11-16(22)12-18(23)20(17)24/h6-12,14,19,26H,5,13H2,1-4H3/t14-,19?,21+/m0/s1. The van der Waals surface area contributed by atoms with Gasteiger partial charge in [-0.15, -0.1) is 0 Å². The van der Waals surface area contributed by atoms with Crippen LogP contribution in [0.15, 0.2) is 46.9 Å². The Kier molecular flexibility index (Phi) is 6.94. The van der Waals surface area contributed by atoms with E-state index < -0.39 is 23.2 Å². The molecule has 2 rings (SSSR count). The average Bonchev–Trinajstić information content (AvgIpc) is 2.62. The predicted octanol–water partition coefficient (Wildman–Crippen LogP) is 5.12. The number of hydrogen-bond acceptors (Lipinski definition) is 2. The van der Waals surface area contributed by atoms with Gasteiger partial charge < -0.3 is 10.0 Å². The van der Waals surface area contributed by atoms with Crippen LogP contribution in [0.25, 0.3) is 0 Å². The molecule has 142 valence electrons. The van der Waals surface area contributed by atoms with Crippen molar-refractivity contribution in [1.29, 1.82) is 0 Å². The molecule has 0 amide bonds. The summed E-state index contributed by atoms with van der Waals surface area (Å²) in [5, 5.41) is 11.1. The summed E-state index contributed by atoms with van der Waals surface area (Å²) in [6.45, 7) is 3.88. The third-order valence-electron chi connectivity index (χ3n) is 5.22. The van der Waals surface area contributed by atoms with Crippen molar-refractivity contribution >= 4 is 15.9 Å². The Morgan fingerprint density at radius 3 is 2.31 bits per heavy atom. The van der Waals surface area contributed by atoms with Crippen molar-refractivity contribution < 1.29 is 13.9 Å². The maximum atomic E-state index is 15.0. The molecule has 0 saturated carbocycles. The van der Waals surface area contributed by atoms with E-state index >= 15 is 0 Å². The van der Waals surface area contributed by atoms with Gasteiger partial charge >= 0.3 is 0 Å². The van der Waals surface area contributed by atoms with Gasteiger partial charge in [-0.3, -0.25) is 0 Å². The molecule has 26 heavy (non-hydrogen) atoms.